The van der Waals surface area contributed by atoms with E-state index in [4.69, 9.17) is 9.68 Å². The smallest absolute Gasteiger partial charge is 0.179 e. The molecule has 20 heavy (non-hydrogen) atoms. The standard InChI is InChI=1S/C14H14N2O3S/c15-9-12-2-1-3-14(8-12)20(17,18)7-5-16-10-13-4-6-19-11-13/h1-4,6,8,11,16H,5,7,10H2. The van der Waals surface area contributed by atoms with Crippen LogP contribution >= 0.6 is 0 Å². The number of nitriles is 1. The van der Waals surface area contributed by atoms with Crippen LogP contribution in [0.2, 0.25) is 0 Å². The minimum absolute atomic E-state index is 0.0142. The van der Waals surface area contributed by atoms with Gasteiger partial charge in [-0.1, -0.05) is 6.07 Å². The molecule has 1 aromatic heterocycles. The van der Waals surface area contributed by atoms with Crippen LogP contribution in [0.15, 0.2) is 52.2 Å². The number of rotatable bonds is 6. The third-order valence-corrected chi connectivity index (χ3v) is 4.49. The van der Waals surface area contributed by atoms with Crippen molar-refractivity contribution in [3.05, 3.63) is 54.0 Å². The zero-order valence-electron chi connectivity index (χ0n) is 10.7. The van der Waals surface area contributed by atoms with Crippen LogP contribution in [0.3, 0.4) is 0 Å². The van der Waals surface area contributed by atoms with E-state index in [1.54, 1.807) is 24.7 Å². The Balaban J connectivity index is 1.92. The van der Waals surface area contributed by atoms with Gasteiger partial charge in [0.15, 0.2) is 9.84 Å². The maximum absolute atomic E-state index is 12.1. The minimum atomic E-state index is -3.37. The Hall–Kier alpha value is -2.10. The van der Waals surface area contributed by atoms with Crippen LogP contribution in [-0.2, 0) is 16.4 Å². The summed E-state index contributed by atoms with van der Waals surface area (Å²) in [5.41, 5.74) is 1.31. The molecular formula is C14H14N2O3S. The lowest BCUT2D eigenvalue weighted by Gasteiger charge is -2.06. The Morgan fingerprint density at radius 2 is 2.15 bits per heavy atom. The summed E-state index contributed by atoms with van der Waals surface area (Å²) in [6, 6.07) is 9.81. The van der Waals surface area contributed by atoms with Crippen LogP contribution < -0.4 is 5.32 Å². The highest BCUT2D eigenvalue weighted by Gasteiger charge is 2.14. The molecule has 104 valence electrons. The molecule has 2 aromatic rings. The number of benzene rings is 1. The van der Waals surface area contributed by atoms with Crippen molar-refractivity contribution in [2.24, 2.45) is 0 Å². The van der Waals surface area contributed by atoms with E-state index in [0.717, 1.165) is 5.56 Å². The number of hydrogen-bond donors (Lipinski definition) is 1. The monoisotopic (exact) mass is 290 g/mol. The lowest BCUT2D eigenvalue weighted by molar-refractivity contribution is 0.560. The molecule has 0 bridgehead atoms. The number of furan rings is 1. The van der Waals surface area contributed by atoms with Gasteiger partial charge >= 0.3 is 0 Å². The fourth-order valence-electron chi connectivity index (χ4n) is 1.71. The average molecular weight is 290 g/mol. The highest BCUT2D eigenvalue weighted by atomic mass is 32.2. The molecule has 5 nitrogen and oxygen atoms in total. The molecule has 6 heteroatoms. The van der Waals surface area contributed by atoms with Gasteiger partial charge in [0.05, 0.1) is 34.8 Å². The van der Waals surface area contributed by atoms with E-state index in [9.17, 15) is 8.42 Å². The molecule has 0 saturated carbocycles. The third kappa shape index (κ3) is 3.70. The maximum atomic E-state index is 12.1. The lowest BCUT2D eigenvalue weighted by Crippen LogP contribution is -2.22. The molecule has 0 amide bonds. The summed E-state index contributed by atoms with van der Waals surface area (Å²) < 4.78 is 29.1. The summed E-state index contributed by atoms with van der Waals surface area (Å²) in [7, 11) is -3.37. The van der Waals surface area contributed by atoms with Gasteiger partial charge < -0.3 is 9.73 Å². The summed E-state index contributed by atoms with van der Waals surface area (Å²) in [6.45, 7) is 0.897. The van der Waals surface area contributed by atoms with Crippen molar-refractivity contribution in [3.8, 4) is 6.07 Å². The quantitative estimate of drug-likeness (QED) is 0.819. The Labute approximate surface area is 117 Å². The molecule has 0 radical (unpaired) electrons. The average Bonchev–Trinajstić information content (AvgIpc) is 2.97. The minimum Gasteiger partial charge on any atom is -0.472 e. The van der Waals surface area contributed by atoms with Crippen LogP contribution in [0.4, 0.5) is 0 Å². The Morgan fingerprint density at radius 1 is 1.30 bits per heavy atom. The van der Waals surface area contributed by atoms with Crippen LogP contribution in [0.5, 0.6) is 0 Å². The number of hydrogen-bond acceptors (Lipinski definition) is 5. The van der Waals surface area contributed by atoms with Gasteiger partial charge in [-0.3, -0.25) is 0 Å². The molecule has 0 atom stereocenters. The molecule has 0 unspecified atom stereocenters. The molecule has 0 spiro atoms. The topological polar surface area (TPSA) is 83.1 Å². The van der Waals surface area contributed by atoms with Crippen molar-refractivity contribution >= 4 is 9.84 Å². The SMILES string of the molecule is N#Cc1cccc(S(=O)(=O)CCNCc2ccoc2)c1. The predicted octanol–water partition coefficient (Wildman–Crippen LogP) is 1.71. The fourth-order valence-corrected chi connectivity index (χ4v) is 2.95. The van der Waals surface area contributed by atoms with Gasteiger partial charge in [-0.2, -0.15) is 5.26 Å². The Kier molecular flexibility index (Phi) is 4.56. The summed E-state index contributed by atoms with van der Waals surface area (Å²) in [6.07, 6.45) is 3.18. The van der Waals surface area contributed by atoms with E-state index in [0.29, 0.717) is 18.7 Å². The summed E-state index contributed by atoms with van der Waals surface area (Å²) >= 11 is 0. The van der Waals surface area contributed by atoms with Crippen LogP contribution in [0, 0.1) is 11.3 Å². The molecule has 1 heterocycles. The van der Waals surface area contributed by atoms with Gasteiger partial charge in [0.2, 0.25) is 0 Å². The molecule has 0 fully saturated rings. The van der Waals surface area contributed by atoms with Crippen LogP contribution in [0.25, 0.3) is 0 Å². The molecular weight excluding hydrogens is 276 g/mol. The van der Waals surface area contributed by atoms with E-state index in [2.05, 4.69) is 5.32 Å². The molecule has 1 N–H and O–H groups in total. The van der Waals surface area contributed by atoms with Crippen molar-refractivity contribution in [2.75, 3.05) is 12.3 Å². The Bertz CT molecular complexity index is 700. The molecule has 0 aliphatic carbocycles. The molecule has 0 saturated heterocycles. The zero-order chi connectivity index (χ0) is 14.4. The molecule has 2 rings (SSSR count). The third-order valence-electron chi connectivity index (χ3n) is 2.78. The van der Waals surface area contributed by atoms with E-state index in [1.807, 2.05) is 12.1 Å². The second kappa shape index (κ2) is 6.37. The molecule has 0 aliphatic rings. The van der Waals surface area contributed by atoms with Crippen molar-refractivity contribution < 1.29 is 12.8 Å². The van der Waals surface area contributed by atoms with Gasteiger partial charge in [0.25, 0.3) is 0 Å². The van der Waals surface area contributed by atoms with Crippen molar-refractivity contribution in [1.29, 1.82) is 5.26 Å². The van der Waals surface area contributed by atoms with Crippen LogP contribution in [0.1, 0.15) is 11.1 Å². The van der Waals surface area contributed by atoms with Gasteiger partial charge in [-0.25, -0.2) is 8.42 Å². The van der Waals surface area contributed by atoms with Gasteiger partial charge in [0, 0.05) is 18.7 Å². The highest BCUT2D eigenvalue weighted by molar-refractivity contribution is 7.91. The largest absolute Gasteiger partial charge is 0.472 e. The normalized spacial score (nSPS) is 11.2. The first-order chi connectivity index (χ1) is 9.62. The number of sulfone groups is 1. The second-order valence-electron chi connectivity index (χ2n) is 4.27. The number of nitrogens with zero attached hydrogens (tertiary/aromatic N) is 1. The first-order valence-electron chi connectivity index (χ1n) is 6.06. The lowest BCUT2D eigenvalue weighted by atomic mass is 10.2. The summed E-state index contributed by atoms with van der Waals surface area (Å²) in [4.78, 5) is 0.182. The zero-order valence-corrected chi connectivity index (χ0v) is 11.6. The van der Waals surface area contributed by atoms with E-state index in [1.165, 1.54) is 12.1 Å². The van der Waals surface area contributed by atoms with E-state index >= 15 is 0 Å². The number of nitrogens with one attached hydrogen (secondary N) is 1. The molecule has 0 aliphatic heterocycles. The van der Waals surface area contributed by atoms with Gasteiger partial charge in [-0.05, 0) is 24.3 Å². The fraction of sp³-hybridized carbons (Fsp3) is 0.214. The second-order valence-corrected chi connectivity index (χ2v) is 6.38. The highest BCUT2D eigenvalue weighted by Crippen LogP contribution is 2.12. The van der Waals surface area contributed by atoms with Crippen LogP contribution in [-0.4, -0.2) is 20.7 Å². The van der Waals surface area contributed by atoms with Gasteiger partial charge in [0.1, 0.15) is 0 Å². The van der Waals surface area contributed by atoms with Crippen molar-refractivity contribution in [2.45, 2.75) is 11.4 Å². The van der Waals surface area contributed by atoms with Crippen molar-refractivity contribution in [3.63, 3.8) is 0 Å². The first-order valence-corrected chi connectivity index (χ1v) is 7.72. The predicted molar refractivity (Wildman–Crippen MR) is 73.6 cm³/mol. The summed E-state index contributed by atoms with van der Waals surface area (Å²) in [5.74, 6) is -0.0142. The maximum Gasteiger partial charge on any atom is 0.179 e. The summed E-state index contributed by atoms with van der Waals surface area (Å²) in [5, 5.41) is 11.8. The van der Waals surface area contributed by atoms with Crippen molar-refractivity contribution in [1.82, 2.24) is 5.32 Å². The van der Waals surface area contributed by atoms with E-state index in [-0.39, 0.29) is 10.6 Å². The molecule has 1 aromatic carbocycles. The van der Waals surface area contributed by atoms with Gasteiger partial charge in [-0.15, -0.1) is 0 Å². The Morgan fingerprint density at radius 3 is 2.85 bits per heavy atom. The van der Waals surface area contributed by atoms with E-state index < -0.39 is 9.84 Å². The first kappa shape index (κ1) is 14.3.